The molecule has 0 saturated heterocycles. The van der Waals surface area contributed by atoms with Gasteiger partial charge >= 0.3 is 0 Å². The van der Waals surface area contributed by atoms with Crippen LogP contribution < -0.4 is 14.9 Å². The van der Waals surface area contributed by atoms with Crippen LogP contribution in [0, 0.1) is 10.1 Å². The van der Waals surface area contributed by atoms with E-state index < -0.39 is 14.9 Å². The van der Waals surface area contributed by atoms with E-state index >= 15 is 0 Å². The monoisotopic (exact) mass is 568 g/mol. The number of hydrogen-bond acceptors (Lipinski definition) is 8. The summed E-state index contributed by atoms with van der Waals surface area (Å²) in [5, 5.41) is 20.4. The highest BCUT2D eigenvalue weighted by atomic mass is 32.2. The number of hydrazone groups is 1. The third kappa shape index (κ3) is 6.23. The van der Waals surface area contributed by atoms with E-state index in [-0.39, 0.29) is 22.0 Å². The zero-order valence-electron chi connectivity index (χ0n) is 21.7. The van der Waals surface area contributed by atoms with Gasteiger partial charge in [-0.1, -0.05) is 48.5 Å². The number of non-ortho nitro benzene ring substituents is 1. The normalized spacial score (nSPS) is 11.3. The summed E-state index contributed by atoms with van der Waals surface area (Å²) in [4.78, 5) is 10.4. The molecule has 11 nitrogen and oxygen atoms in total. The van der Waals surface area contributed by atoms with E-state index in [4.69, 9.17) is 9.84 Å². The molecule has 0 bridgehead atoms. The molecule has 1 aromatic heterocycles. The van der Waals surface area contributed by atoms with Crippen LogP contribution in [0.25, 0.3) is 16.9 Å². The van der Waals surface area contributed by atoms with Crippen LogP contribution in [0.4, 0.5) is 17.1 Å². The Morgan fingerprint density at radius 1 is 0.951 bits per heavy atom. The first-order valence-electron chi connectivity index (χ1n) is 12.3. The van der Waals surface area contributed by atoms with Crippen molar-refractivity contribution in [3.63, 3.8) is 0 Å². The summed E-state index contributed by atoms with van der Waals surface area (Å²) in [7, 11) is -2.75. The van der Waals surface area contributed by atoms with Crippen molar-refractivity contribution < 1.29 is 18.1 Å². The van der Waals surface area contributed by atoms with E-state index in [2.05, 4.69) is 15.2 Å². The van der Waals surface area contributed by atoms with E-state index in [9.17, 15) is 18.5 Å². The molecule has 2 N–H and O–H groups in total. The number of benzene rings is 4. The highest BCUT2D eigenvalue weighted by Crippen LogP contribution is 2.29. The molecule has 0 fully saturated rings. The minimum atomic E-state index is -4.25. The minimum Gasteiger partial charge on any atom is -0.497 e. The van der Waals surface area contributed by atoms with Gasteiger partial charge in [0.1, 0.15) is 16.3 Å². The lowest BCUT2D eigenvalue weighted by Crippen LogP contribution is -2.15. The summed E-state index contributed by atoms with van der Waals surface area (Å²) in [5.41, 5.74) is 5.70. The largest absolute Gasteiger partial charge is 0.497 e. The van der Waals surface area contributed by atoms with Crippen LogP contribution in [0.2, 0.25) is 0 Å². The molecule has 4 aromatic carbocycles. The molecule has 0 spiro atoms. The maximum Gasteiger partial charge on any atom is 0.270 e. The maximum absolute atomic E-state index is 13.3. The van der Waals surface area contributed by atoms with Gasteiger partial charge in [-0.15, -0.1) is 0 Å². The maximum atomic E-state index is 13.3. The fourth-order valence-corrected chi connectivity index (χ4v) is 5.23. The fraction of sp³-hybridized carbons (Fsp3) is 0.0345. The lowest BCUT2D eigenvalue weighted by atomic mass is 10.1. The lowest BCUT2D eigenvalue weighted by molar-refractivity contribution is -0.385. The highest BCUT2D eigenvalue weighted by molar-refractivity contribution is 7.92. The Balaban J connectivity index is 1.48. The molecule has 0 aliphatic rings. The van der Waals surface area contributed by atoms with Crippen LogP contribution in [0.5, 0.6) is 5.75 Å². The first kappa shape index (κ1) is 27.1. The van der Waals surface area contributed by atoms with Gasteiger partial charge in [0, 0.05) is 35.1 Å². The molecule has 41 heavy (non-hydrogen) atoms. The molecule has 12 heteroatoms. The summed E-state index contributed by atoms with van der Waals surface area (Å²) in [6.07, 6.45) is 3.32. The van der Waals surface area contributed by atoms with Gasteiger partial charge in [0.25, 0.3) is 15.7 Å². The van der Waals surface area contributed by atoms with Crippen molar-refractivity contribution in [2.75, 3.05) is 17.3 Å². The Labute approximate surface area is 235 Å². The number of nitro groups is 1. The summed E-state index contributed by atoms with van der Waals surface area (Å²) < 4.78 is 35.9. The van der Waals surface area contributed by atoms with E-state index in [1.165, 1.54) is 37.6 Å². The van der Waals surface area contributed by atoms with E-state index in [1.54, 1.807) is 16.8 Å². The average Bonchev–Trinajstić information content (AvgIpc) is 3.42. The number of methoxy groups -OCH3 is 1. The molecule has 0 unspecified atom stereocenters. The van der Waals surface area contributed by atoms with Crippen molar-refractivity contribution >= 4 is 33.3 Å². The second-order valence-electron chi connectivity index (χ2n) is 8.72. The van der Waals surface area contributed by atoms with Crippen molar-refractivity contribution in [1.82, 2.24) is 9.78 Å². The molecule has 0 aliphatic heterocycles. The van der Waals surface area contributed by atoms with Gasteiger partial charge in [0.2, 0.25) is 0 Å². The molecule has 5 rings (SSSR count). The second kappa shape index (κ2) is 11.7. The molecule has 0 saturated carbocycles. The van der Waals surface area contributed by atoms with Crippen molar-refractivity contribution in [3.05, 3.63) is 125 Å². The number of rotatable bonds is 10. The third-order valence-electron chi connectivity index (χ3n) is 6.01. The van der Waals surface area contributed by atoms with Gasteiger partial charge in [-0.3, -0.25) is 20.3 Å². The molecule has 206 valence electrons. The van der Waals surface area contributed by atoms with Crippen molar-refractivity contribution in [2.24, 2.45) is 5.10 Å². The number of ether oxygens (including phenoxy) is 1. The SMILES string of the molecule is COc1ccc(NS(=O)(=O)c2cc([N+](=O)[O-])ccc2N/N=C\c2cn(-c3ccccc3)nc2-c2ccccc2)cc1. The van der Waals surface area contributed by atoms with Crippen LogP contribution in [0.1, 0.15) is 5.56 Å². The molecular weight excluding hydrogens is 544 g/mol. The third-order valence-corrected chi connectivity index (χ3v) is 7.43. The molecular formula is C29H24N6O5S. The molecule has 1 heterocycles. The number of aromatic nitrogens is 2. The molecule has 0 amide bonds. The topological polar surface area (TPSA) is 141 Å². The first-order valence-corrected chi connectivity index (χ1v) is 13.8. The number of sulfonamides is 1. The Bertz CT molecular complexity index is 1810. The molecule has 5 aromatic rings. The number of nitro benzene ring substituents is 1. The number of anilines is 2. The van der Waals surface area contributed by atoms with Crippen LogP contribution in [0.15, 0.2) is 119 Å². The Morgan fingerprint density at radius 2 is 1.63 bits per heavy atom. The van der Waals surface area contributed by atoms with Crippen molar-refractivity contribution in [2.45, 2.75) is 4.90 Å². The van der Waals surface area contributed by atoms with Crippen LogP contribution in [-0.2, 0) is 10.0 Å². The predicted octanol–water partition coefficient (Wildman–Crippen LogP) is 5.70. The molecule has 0 radical (unpaired) electrons. The van der Waals surface area contributed by atoms with Crippen molar-refractivity contribution in [1.29, 1.82) is 0 Å². The van der Waals surface area contributed by atoms with Gasteiger partial charge in [-0.25, -0.2) is 13.1 Å². The Morgan fingerprint density at radius 3 is 2.29 bits per heavy atom. The standard InChI is InChI=1S/C29H24N6O5S/c1-40-26-15-12-23(13-16-26)33-41(38,39)28-18-25(35(36)37)14-17-27(28)31-30-19-22-20-34(24-10-6-3-7-11-24)32-29(22)21-8-4-2-5-9-21/h2-20,31,33H,1H3/b30-19-. The number of para-hydroxylation sites is 1. The van der Waals surface area contributed by atoms with E-state index in [0.717, 1.165) is 17.3 Å². The fourth-order valence-electron chi connectivity index (χ4n) is 3.99. The smallest absolute Gasteiger partial charge is 0.270 e. The summed E-state index contributed by atoms with van der Waals surface area (Å²) in [6.45, 7) is 0. The summed E-state index contributed by atoms with van der Waals surface area (Å²) in [6, 6.07) is 28.8. The predicted molar refractivity (Wildman–Crippen MR) is 157 cm³/mol. The number of nitrogens with one attached hydrogen (secondary N) is 2. The van der Waals surface area contributed by atoms with Gasteiger partial charge in [-0.05, 0) is 42.5 Å². The van der Waals surface area contributed by atoms with E-state index in [1.807, 2.05) is 66.9 Å². The minimum absolute atomic E-state index is 0.0459. The lowest BCUT2D eigenvalue weighted by Gasteiger charge is -2.12. The molecule has 0 aliphatic carbocycles. The number of hydrogen-bond donors (Lipinski definition) is 2. The van der Waals surface area contributed by atoms with E-state index in [0.29, 0.717) is 17.0 Å². The van der Waals surface area contributed by atoms with Crippen LogP contribution in [0.3, 0.4) is 0 Å². The van der Waals surface area contributed by atoms with Gasteiger partial charge in [0.15, 0.2) is 0 Å². The van der Waals surface area contributed by atoms with Crippen LogP contribution in [-0.4, -0.2) is 36.4 Å². The van der Waals surface area contributed by atoms with Crippen molar-refractivity contribution in [3.8, 4) is 22.7 Å². The van der Waals surface area contributed by atoms with Gasteiger partial charge in [0.05, 0.1) is 29.6 Å². The Kier molecular flexibility index (Phi) is 7.74. The quantitative estimate of drug-likeness (QED) is 0.125. The summed E-state index contributed by atoms with van der Waals surface area (Å²) in [5.74, 6) is 0.547. The second-order valence-corrected chi connectivity index (χ2v) is 10.4. The zero-order valence-corrected chi connectivity index (χ0v) is 22.5. The van der Waals surface area contributed by atoms with Gasteiger partial charge < -0.3 is 4.74 Å². The zero-order chi connectivity index (χ0) is 28.8. The molecule has 0 atom stereocenters. The van der Waals surface area contributed by atoms with Crippen LogP contribution >= 0.6 is 0 Å². The van der Waals surface area contributed by atoms with Gasteiger partial charge in [-0.2, -0.15) is 10.2 Å². The Hall–Kier alpha value is -5.49. The average molecular weight is 569 g/mol. The summed E-state index contributed by atoms with van der Waals surface area (Å²) >= 11 is 0. The first-order chi connectivity index (χ1) is 19.8. The number of nitrogens with zero attached hydrogens (tertiary/aromatic N) is 4. The highest BCUT2D eigenvalue weighted by Gasteiger charge is 2.23.